The van der Waals surface area contributed by atoms with Crippen molar-refractivity contribution in [3.63, 3.8) is 0 Å². The molecule has 2 aliphatic rings. The minimum Gasteiger partial charge on any atom is -0.351 e. The second-order valence-electron chi connectivity index (χ2n) is 7.03. The van der Waals surface area contributed by atoms with Crippen LogP contribution in [0.25, 0.3) is 0 Å². The Morgan fingerprint density at radius 1 is 1.26 bits per heavy atom. The summed E-state index contributed by atoms with van der Waals surface area (Å²) >= 11 is 0. The van der Waals surface area contributed by atoms with Gasteiger partial charge in [-0.2, -0.15) is 0 Å². The topological polar surface area (TPSA) is 76.0 Å². The quantitative estimate of drug-likeness (QED) is 0.841. The van der Waals surface area contributed by atoms with Crippen molar-refractivity contribution in [2.45, 2.75) is 65.0 Å². The van der Waals surface area contributed by atoms with Gasteiger partial charge in [-0.15, -0.1) is 0 Å². The molecule has 0 unspecified atom stereocenters. The molecule has 0 atom stereocenters. The second kappa shape index (κ2) is 6.72. The summed E-state index contributed by atoms with van der Waals surface area (Å²) in [4.78, 5) is 29.2. The number of nitrogens with zero attached hydrogens (tertiary/aromatic N) is 2. The van der Waals surface area contributed by atoms with Gasteiger partial charge in [-0.1, -0.05) is 13.8 Å². The van der Waals surface area contributed by atoms with Gasteiger partial charge in [0.25, 0.3) is 11.8 Å². The summed E-state index contributed by atoms with van der Waals surface area (Å²) in [6, 6.07) is 0.294. The smallest absolute Gasteiger partial charge is 0.287 e. The molecule has 0 radical (unpaired) electrons. The first-order valence-corrected chi connectivity index (χ1v) is 8.74. The lowest BCUT2D eigenvalue weighted by atomic mass is 10.1. The summed E-state index contributed by atoms with van der Waals surface area (Å²) in [7, 11) is 0. The van der Waals surface area contributed by atoms with Gasteiger partial charge in [0.1, 0.15) is 5.69 Å². The number of carbonyl (C=O) groups excluding carboxylic acids is 2. The maximum absolute atomic E-state index is 12.4. The maximum Gasteiger partial charge on any atom is 0.287 e. The molecule has 2 amide bonds. The van der Waals surface area contributed by atoms with E-state index in [1.54, 1.807) is 0 Å². The highest BCUT2D eigenvalue weighted by Crippen LogP contribution is 2.23. The number of aromatic nitrogens is 2. The zero-order valence-corrected chi connectivity index (χ0v) is 14.0. The van der Waals surface area contributed by atoms with Crippen LogP contribution in [0.1, 0.15) is 72.8 Å². The average molecular weight is 318 g/mol. The first kappa shape index (κ1) is 16.0. The Bertz CT molecular complexity index is 602. The van der Waals surface area contributed by atoms with Crippen LogP contribution in [-0.4, -0.2) is 34.0 Å². The highest BCUT2D eigenvalue weighted by Gasteiger charge is 2.30. The predicted molar refractivity (Wildman–Crippen MR) is 87.4 cm³/mol. The molecule has 2 N–H and O–H groups in total. The summed E-state index contributed by atoms with van der Waals surface area (Å²) in [5, 5.41) is 5.92. The van der Waals surface area contributed by atoms with E-state index >= 15 is 0 Å². The molecule has 1 aliphatic carbocycles. The minimum absolute atomic E-state index is 0.142. The van der Waals surface area contributed by atoms with Crippen molar-refractivity contribution < 1.29 is 9.59 Å². The van der Waals surface area contributed by atoms with Gasteiger partial charge in [0.2, 0.25) is 0 Å². The van der Waals surface area contributed by atoms with Gasteiger partial charge in [0, 0.05) is 19.1 Å². The molecule has 0 aromatic carbocycles. The van der Waals surface area contributed by atoms with Crippen LogP contribution in [0, 0.1) is 5.92 Å². The lowest BCUT2D eigenvalue weighted by Crippen LogP contribution is -2.29. The Morgan fingerprint density at radius 2 is 2.04 bits per heavy atom. The average Bonchev–Trinajstić information content (AvgIpc) is 3.24. The summed E-state index contributed by atoms with van der Waals surface area (Å²) < 4.78 is 1.94. The van der Waals surface area contributed by atoms with Crippen molar-refractivity contribution in [1.29, 1.82) is 0 Å². The molecular formula is C17H26N4O2. The largest absolute Gasteiger partial charge is 0.351 e. The van der Waals surface area contributed by atoms with E-state index < -0.39 is 0 Å². The Hall–Kier alpha value is -1.85. The van der Waals surface area contributed by atoms with Crippen molar-refractivity contribution >= 4 is 11.8 Å². The van der Waals surface area contributed by atoms with Crippen molar-refractivity contribution in [1.82, 2.24) is 20.2 Å². The number of imidazole rings is 1. The molecule has 1 aliphatic heterocycles. The van der Waals surface area contributed by atoms with Crippen LogP contribution < -0.4 is 10.6 Å². The molecule has 0 bridgehead atoms. The Morgan fingerprint density at radius 3 is 2.74 bits per heavy atom. The molecule has 126 valence electrons. The summed E-state index contributed by atoms with van der Waals surface area (Å²) in [5.41, 5.74) is 1.36. The zero-order chi connectivity index (χ0) is 16.4. The SMILES string of the molecule is CC(C)CCNC(=O)c1nc(C(=O)NC2CC2)n2c1CCCC2. The molecule has 2 heterocycles. The number of rotatable bonds is 6. The van der Waals surface area contributed by atoms with E-state index in [4.69, 9.17) is 0 Å². The van der Waals surface area contributed by atoms with Gasteiger partial charge in [-0.25, -0.2) is 4.98 Å². The van der Waals surface area contributed by atoms with E-state index in [2.05, 4.69) is 29.5 Å². The number of fused-ring (bicyclic) bond motifs is 1. The van der Waals surface area contributed by atoms with Crippen LogP contribution in [0.4, 0.5) is 0 Å². The van der Waals surface area contributed by atoms with E-state index in [0.717, 1.165) is 50.8 Å². The van der Waals surface area contributed by atoms with E-state index in [1.165, 1.54) is 0 Å². The van der Waals surface area contributed by atoms with Gasteiger partial charge < -0.3 is 15.2 Å². The van der Waals surface area contributed by atoms with Crippen LogP contribution in [0.5, 0.6) is 0 Å². The Kier molecular flexibility index (Phi) is 4.68. The molecule has 1 saturated carbocycles. The number of carbonyl (C=O) groups is 2. The third-order valence-corrected chi connectivity index (χ3v) is 4.46. The highest BCUT2D eigenvalue weighted by molar-refractivity contribution is 5.97. The van der Waals surface area contributed by atoms with Crippen LogP contribution in [-0.2, 0) is 13.0 Å². The summed E-state index contributed by atoms with van der Waals surface area (Å²) in [5.74, 6) is 0.658. The van der Waals surface area contributed by atoms with Crippen molar-refractivity contribution in [2.75, 3.05) is 6.54 Å². The number of hydrogen-bond donors (Lipinski definition) is 2. The number of nitrogens with one attached hydrogen (secondary N) is 2. The molecule has 23 heavy (non-hydrogen) atoms. The van der Waals surface area contributed by atoms with Crippen molar-refractivity contribution in [2.24, 2.45) is 5.92 Å². The highest BCUT2D eigenvalue weighted by atomic mass is 16.2. The number of amides is 2. The molecule has 1 fully saturated rings. The molecular weight excluding hydrogens is 292 g/mol. The normalized spacial score (nSPS) is 17.0. The maximum atomic E-state index is 12.4. The minimum atomic E-state index is -0.151. The standard InChI is InChI=1S/C17H26N4O2/c1-11(2)8-9-18-16(22)14-13-5-3-4-10-21(13)15(20-14)17(23)19-12-6-7-12/h11-12H,3-10H2,1-2H3,(H,18,22)(H,19,23). The Labute approximate surface area is 137 Å². The Balaban J connectivity index is 1.77. The third kappa shape index (κ3) is 3.74. The van der Waals surface area contributed by atoms with Gasteiger partial charge in [0.05, 0.1) is 5.69 Å². The predicted octanol–water partition coefficient (Wildman–Crippen LogP) is 1.89. The molecule has 6 nitrogen and oxygen atoms in total. The molecule has 0 spiro atoms. The van der Waals surface area contributed by atoms with E-state index in [9.17, 15) is 9.59 Å². The first-order chi connectivity index (χ1) is 11.1. The fraction of sp³-hybridized carbons (Fsp3) is 0.706. The summed E-state index contributed by atoms with van der Waals surface area (Å²) in [6.07, 6.45) is 5.92. The monoisotopic (exact) mass is 318 g/mol. The van der Waals surface area contributed by atoms with E-state index in [1.807, 2.05) is 4.57 Å². The van der Waals surface area contributed by atoms with Crippen LogP contribution in [0.2, 0.25) is 0 Å². The van der Waals surface area contributed by atoms with Crippen LogP contribution >= 0.6 is 0 Å². The lowest BCUT2D eigenvalue weighted by molar-refractivity contribution is 0.0935. The van der Waals surface area contributed by atoms with E-state index in [-0.39, 0.29) is 11.8 Å². The van der Waals surface area contributed by atoms with Gasteiger partial charge in [-0.05, 0) is 44.4 Å². The van der Waals surface area contributed by atoms with Crippen LogP contribution in [0.15, 0.2) is 0 Å². The third-order valence-electron chi connectivity index (χ3n) is 4.46. The lowest BCUT2D eigenvalue weighted by Gasteiger charge is -2.17. The second-order valence-corrected chi connectivity index (χ2v) is 7.03. The molecule has 1 aromatic rings. The number of hydrogen-bond acceptors (Lipinski definition) is 3. The fourth-order valence-electron chi connectivity index (χ4n) is 2.93. The van der Waals surface area contributed by atoms with Gasteiger partial charge in [-0.3, -0.25) is 9.59 Å². The fourth-order valence-corrected chi connectivity index (χ4v) is 2.93. The van der Waals surface area contributed by atoms with Crippen LogP contribution in [0.3, 0.4) is 0 Å². The van der Waals surface area contributed by atoms with Gasteiger partial charge in [0.15, 0.2) is 5.82 Å². The molecule has 1 aromatic heterocycles. The van der Waals surface area contributed by atoms with E-state index in [0.29, 0.717) is 30.0 Å². The summed E-state index contributed by atoms with van der Waals surface area (Å²) in [6.45, 7) is 5.68. The molecule has 6 heteroatoms. The molecule has 0 saturated heterocycles. The zero-order valence-electron chi connectivity index (χ0n) is 14.0. The van der Waals surface area contributed by atoms with Crippen molar-refractivity contribution in [3.8, 4) is 0 Å². The van der Waals surface area contributed by atoms with Gasteiger partial charge >= 0.3 is 0 Å². The first-order valence-electron chi connectivity index (χ1n) is 8.74. The molecule has 3 rings (SSSR count). The van der Waals surface area contributed by atoms with Crippen molar-refractivity contribution in [3.05, 3.63) is 17.2 Å².